The molecule has 1 aromatic rings. The zero-order valence-corrected chi connectivity index (χ0v) is 12.9. The second-order valence-corrected chi connectivity index (χ2v) is 5.88. The minimum atomic E-state index is 0.300. The van der Waals surface area contributed by atoms with Gasteiger partial charge in [0, 0.05) is 25.0 Å². The average Bonchev–Trinajstić information content (AvgIpc) is 2.45. The average molecular weight is 273 g/mol. The maximum absolute atomic E-state index is 4.33. The highest BCUT2D eigenvalue weighted by molar-refractivity contribution is 5.80. The van der Waals surface area contributed by atoms with E-state index in [0.717, 1.165) is 18.9 Å². The van der Waals surface area contributed by atoms with Gasteiger partial charge in [0.15, 0.2) is 5.96 Å². The first-order valence-corrected chi connectivity index (χ1v) is 7.73. The summed E-state index contributed by atoms with van der Waals surface area (Å²) in [5, 5.41) is 6.94. The Morgan fingerprint density at radius 1 is 1.30 bits per heavy atom. The smallest absolute Gasteiger partial charge is 0.191 e. The maximum Gasteiger partial charge on any atom is 0.191 e. The van der Waals surface area contributed by atoms with Crippen molar-refractivity contribution in [2.24, 2.45) is 4.99 Å². The number of nitrogens with zero attached hydrogens (tertiary/aromatic N) is 1. The summed E-state index contributed by atoms with van der Waals surface area (Å²) in [6.45, 7) is 5.33. The van der Waals surface area contributed by atoms with E-state index in [1.165, 1.54) is 24.8 Å². The number of hydrogen-bond acceptors (Lipinski definition) is 1. The normalized spacial score (nSPS) is 19.1. The Balaban J connectivity index is 1.97. The first-order chi connectivity index (χ1) is 9.70. The summed E-state index contributed by atoms with van der Waals surface area (Å²) in [7, 11) is 1.84. The first-order valence-electron chi connectivity index (χ1n) is 7.73. The third-order valence-corrected chi connectivity index (χ3v) is 4.51. The minimum absolute atomic E-state index is 0.300. The van der Waals surface area contributed by atoms with Gasteiger partial charge in [-0.3, -0.25) is 4.99 Å². The molecular formula is C17H27N3. The lowest BCUT2D eigenvalue weighted by Crippen LogP contribution is -2.50. The predicted octanol–water partition coefficient (Wildman–Crippen LogP) is 3.07. The van der Waals surface area contributed by atoms with Crippen LogP contribution in [0.1, 0.15) is 45.1 Å². The molecule has 0 aromatic heterocycles. The van der Waals surface area contributed by atoms with Crippen LogP contribution in [0.3, 0.4) is 0 Å². The molecule has 1 unspecified atom stereocenters. The van der Waals surface area contributed by atoms with E-state index in [2.05, 4.69) is 59.8 Å². The van der Waals surface area contributed by atoms with Gasteiger partial charge >= 0.3 is 0 Å². The molecule has 0 aliphatic heterocycles. The standard InChI is InChI=1S/C17H27N3/c1-4-14(2)20-16(18-3)19-13-17(11-8-12-17)15-9-6-5-7-10-15/h5-7,9-10,14H,4,8,11-13H2,1-3H3,(H2,18,19,20). The molecule has 0 heterocycles. The van der Waals surface area contributed by atoms with E-state index in [4.69, 9.17) is 0 Å². The van der Waals surface area contributed by atoms with Crippen molar-refractivity contribution in [3.05, 3.63) is 35.9 Å². The van der Waals surface area contributed by atoms with E-state index in [0.29, 0.717) is 11.5 Å². The molecule has 0 amide bonds. The summed E-state index contributed by atoms with van der Waals surface area (Å²) < 4.78 is 0. The van der Waals surface area contributed by atoms with Crippen LogP contribution in [0.4, 0.5) is 0 Å². The fourth-order valence-corrected chi connectivity index (χ4v) is 2.75. The quantitative estimate of drug-likeness (QED) is 0.639. The Morgan fingerprint density at radius 2 is 2.00 bits per heavy atom. The molecule has 110 valence electrons. The molecule has 3 nitrogen and oxygen atoms in total. The summed E-state index contributed by atoms with van der Waals surface area (Å²) in [6.07, 6.45) is 4.97. The van der Waals surface area contributed by atoms with Crippen LogP contribution < -0.4 is 10.6 Å². The molecule has 0 bridgehead atoms. The molecule has 0 saturated heterocycles. The van der Waals surface area contributed by atoms with Crippen molar-refractivity contribution in [2.45, 2.75) is 51.0 Å². The summed E-state index contributed by atoms with van der Waals surface area (Å²) in [6, 6.07) is 11.3. The molecule has 1 fully saturated rings. The maximum atomic E-state index is 4.33. The molecule has 1 saturated carbocycles. The number of aliphatic imine (C=N–C) groups is 1. The van der Waals surface area contributed by atoms with Crippen molar-refractivity contribution in [3.63, 3.8) is 0 Å². The van der Waals surface area contributed by atoms with E-state index in [-0.39, 0.29) is 0 Å². The molecule has 3 heteroatoms. The van der Waals surface area contributed by atoms with Crippen molar-refractivity contribution in [1.29, 1.82) is 0 Å². The molecule has 20 heavy (non-hydrogen) atoms. The van der Waals surface area contributed by atoms with Crippen LogP contribution in [0.15, 0.2) is 35.3 Å². The van der Waals surface area contributed by atoms with Crippen molar-refractivity contribution < 1.29 is 0 Å². The molecule has 1 aliphatic rings. The van der Waals surface area contributed by atoms with Crippen molar-refractivity contribution in [2.75, 3.05) is 13.6 Å². The van der Waals surface area contributed by atoms with Crippen LogP contribution in [-0.4, -0.2) is 25.6 Å². The Kier molecular flexibility index (Phi) is 5.05. The van der Waals surface area contributed by atoms with Crippen LogP contribution in [0.5, 0.6) is 0 Å². The molecule has 0 radical (unpaired) electrons. The van der Waals surface area contributed by atoms with Crippen molar-refractivity contribution in [1.82, 2.24) is 10.6 Å². The highest BCUT2D eigenvalue weighted by Gasteiger charge is 2.38. The summed E-state index contributed by atoms with van der Waals surface area (Å²) in [4.78, 5) is 4.33. The Morgan fingerprint density at radius 3 is 2.50 bits per heavy atom. The number of guanidine groups is 1. The van der Waals surface area contributed by atoms with Crippen molar-refractivity contribution >= 4 is 5.96 Å². The number of benzene rings is 1. The largest absolute Gasteiger partial charge is 0.356 e. The fourth-order valence-electron chi connectivity index (χ4n) is 2.75. The lowest BCUT2D eigenvalue weighted by molar-refractivity contribution is 0.243. The van der Waals surface area contributed by atoms with Gasteiger partial charge in [-0.1, -0.05) is 43.7 Å². The molecular weight excluding hydrogens is 246 g/mol. The molecule has 2 N–H and O–H groups in total. The second-order valence-electron chi connectivity index (χ2n) is 5.88. The monoisotopic (exact) mass is 273 g/mol. The van der Waals surface area contributed by atoms with Crippen LogP contribution in [0, 0.1) is 0 Å². The van der Waals surface area contributed by atoms with E-state index < -0.39 is 0 Å². The zero-order valence-electron chi connectivity index (χ0n) is 12.9. The summed E-state index contributed by atoms with van der Waals surface area (Å²) >= 11 is 0. The van der Waals surface area contributed by atoms with Crippen LogP contribution >= 0.6 is 0 Å². The minimum Gasteiger partial charge on any atom is -0.356 e. The van der Waals surface area contributed by atoms with Gasteiger partial charge in [-0.05, 0) is 31.7 Å². The van der Waals surface area contributed by atoms with Gasteiger partial charge in [0.05, 0.1) is 0 Å². The Bertz CT molecular complexity index is 435. The lowest BCUT2D eigenvalue weighted by atomic mass is 9.64. The SMILES string of the molecule is CCC(C)NC(=NC)NCC1(c2ccccc2)CCC1. The molecule has 0 spiro atoms. The Labute approximate surface area is 122 Å². The highest BCUT2D eigenvalue weighted by atomic mass is 15.2. The zero-order chi connectivity index (χ0) is 14.4. The summed E-state index contributed by atoms with van der Waals surface area (Å²) in [5.74, 6) is 0.918. The van der Waals surface area contributed by atoms with Gasteiger partial charge in [-0.15, -0.1) is 0 Å². The highest BCUT2D eigenvalue weighted by Crippen LogP contribution is 2.43. The van der Waals surface area contributed by atoms with Crippen LogP contribution in [0.2, 0.25) is 0 Å². The number of hydrogen-bond donors (Lipinski definition) is 2. The van der Waals surface area contributed by atoms with E-state index in [9.17, 15) is 0 Å². The fraction of sp³-hybridized carbons (Fsp3) is 0.588. The van der Waals surface area contributed by atoms with Gasteiger partial charge in [0.1, 0.15) is 0 Å². The van der Waals surface area contributed by atoms with Gasteiger partial charge < -0.3 is 10.6 Å². The Hall–Kier alpha value is -1.51. The second kappa shape index (κ2) is 6.78. The van der Waals surface area contributed by atoms with Crippen molar-refractivity contribution in [3.8, 4) is 0 Å². The third kappa shape index (κ3) is 3.33. The van der Waals surface area contributed by atoms with E-state index in [1.54, 1.807) is 0 Å². The number of rotatable bonds is 5. The molecule has 1 aliphatic carbocycles. The first kappa shape index (κ1) is 14.9. The molecule has 1 aromatic carbocycles. The predicted molar refractivity (Wildman–Crippen MR) is 86.2 cm³/mol. The van der Waals surface area contributed by atoms with Gasteiger partial charge in [0.2, 0.25) is 0 Å². The number of nitrogens with one attached hydrogen (secondary N) is 2. The van der Waals surface area contributed by atoms with Crippen LogP contribution in [-0.2, 0) is 5.41 Å². The summed E-state index contributed by atoms with van der Waals surface area (Å²) in [5.41, 5.74) is 1.76. The molecule has 2 rings (SSSR count). The van der Waals surface area contributed by atoms with Gasteiger partial charge in [-0.2, -0.15) is 0 Å². The van der Waals surface area contributed by atoms with Gasteiger partial charge in [-0.25, -0.2) is 0 Å². The van der Waals surface area contributed by atoms with E-state index >= 15 is 0 Å². The van der Waals surface area contributed by atoms with Crippen LogP contribution in [0.25, 0.3) is 0 Å². The lowest BCUT2D eigenvalue weighted by Gasteiger charge is -2.43. The third-order valence-electron chi connectivity index (χ3n) is 4.51. The molecule has 1 atom stereocenters. The van der Waals surface area contributed by atoms with E-state index in [1.807, 2.05) is 7.05 Å². The van der Waals surface area contributed by atoms with Gasteiger partial charge in [0.25, 0.3) is 0 Å². The topological polar surface area (TPSA) is 36.4 Å².